The summed E-state index contributed by atoms with van der Waals surface area (Å²) in [6.45, 7) is 0. The van der Waals surface area contributed by atoms with E-state index in [4.69, 9.17) is 4.74 Å². The van der Waals surface area contributed by atoms with Gasteiger partial charge in [-0.2, -0.15) is 0 Å². The van der Waals surface area contributed by atoms with E-state index in [1.807, 2.05) is 0 Å². The van der Waals surface area contributed by atoms with Gasteiger partial charge in [0.15, 0.2) is 17.5 Å². The van der Waals surface area contributed by atoms with Crippen molar-refractivity contribution >= 4 is 11.6 Å². The van der Waals surface area contributed by atoms with E-state index < -0.39 is 34.8 Å². The van der Waals surface area contributed by atoms with E-state index in [1.165, 1.54) is 25.3 Å². The molecule has 2 rings (SSSR count). The van der Waals surface area contributed by atoms with Crippen molar-refractivity contribution in [3.8, 4) is 11.5 Å². The fraction of sp³-hybridized carbons (Fsp3) is 0.0714. The average molecular weight is 297 g/mol. The zero-order chi connectivity index (χ0) is 15.6. The number of nitrogens with one attached hydrogen (secondary N) is 1. The fourth-order valence-electron chi connectivity index (χ4n) is 1.64. The first-order chi connectivity index (χ1) is 9.93. The number of phenols is 1. The number of aromatic hydroxyl groups is 1. The van der Waals surface area contributed by atoms with Gasteiger partial charge in [-0.3, -0.25) is 4.79 Å². The Balaban J connectivity index is 2.28. The molecular formula is C14H10F3NO3. The van der Waals surface area contributed by atoms with Crippen LogP contribution in [0.1, 0.15) is 10.4 Å². The van der Waals surface area contributed by atoms with Crippen LogP contribution in [0, 0.1) is 17.5 Å². The van der Waals surface area contributed by atoms with Gasteiger partial charge >= 0.3 is 0 Å². The molecule has 0 aliphatic rings. The second-order valence-corrected chi connectivity index (χ2v) is 4.06. The highest BCUT2D eigenvalue weighted by Crippen LogP contribution is 2.25. The number of hydrogen-bond donors (Lipinski definition) is 2. The maximum atomic E-state index is 13.4. The number of anilines is 1. The van der Waals surface area contributed by atoms with E-state index in [0.29, 0.717) is 11.8 Å². The van der Waals surface area contributed by atoms with Crippen molar-refractivity contribution in [2.24, 2.45) is 0 Å². The number of ether oxygens (including phenoxy) is 1. The molecule has 0 bridgehead atoms. The predicted octanol–water partition coefficient (Wildman–Crippen LogP) is 3.07. The van der Waals surface area contributed by atoms with Crippen molar-refractivity contribution in [2.75, 3.05) is 12.4 Å². The normalized spacial score (nSPS) is 10.3. The zero-order valence-electron chi connectivity index (χ0n) is 10.8. The molecule has 21 heavy (non-hydrogen) atoms. The molecule has 0 unspecified atom stereocenters. The highest BCUT2D eigenvalue weighted by atomic mass is 19.2. The van der Waals surface area contributed by atoms with Crippen LogP contribution in [0.15, 0.2) is 30.3 Å². The van der Waals surface area contributed by atoms with Crippen molar-refractivity contribution < 1.29 is 27.8 Å². The molecule has 2 N–H and O–H groups in total. The first-order valence-electron chi connectivity index (χ1n) is 5.76. The summed E-state index contributed by atoms with van der Waals surface area (Å²) >= 11 is 0. The third-order valence-corrected chi connectivity index (χ3v) is 2.73. The quantitative estimate of drug-likeness (QED) is 0.856. The fourth-order valence-corrected chi connectivity index (χ4v) is 1.64. The van der Waals surface area contributed by atoms with Gasteiger partial charge in [0.1, 0.15) is 11.5 Å². The number of amides is 1. The van der Waals surface area contributed by atoms with E-state index in [9.17, 15) is 23.1 Å². The van der Waals surface area contributed by atoms with Crippen molar-refractivity contribution in [2.45, 2.75) is 0 Å². The third kappa shape index (κ3) is 2.91. The standard InChI is InChI=1S/C14H10F3NO3/c1-21-7-2-3-8(11(19)6-7)14(20)18-10-5-4-9(15)12(16)13(10)17/h2-6,19H,1H3,(H,18,20). The largest absolute Gasteiger partial charge is 0.507 e. The Morgan fingerprint density at radius 1 is 1.14 bits per heavy atom. The van der Waals surface area contributed by atoms with E-state index in [1.54, 1.807) is 0 Å². The maximum Gasteiger partial charge on any atom is 0.259 e. The number of rotatable bonds is 3. The number of carbonyl (C=O) groups is 1. The molecule has 0 heterocycles. The number of halogens is 3. The lowest BCUT2D eigenvalue weighted by Gasteiger charge is -2.09. The van der Waals surface area contributed by atoms with Crippen molar-refractivity contribution in [1.82, 2.24) is 0 Å². The summed E-state index contributed by atoms with van der Waals surface area (Å²) in [5, 5.41) is 11.7. The van der Waals surface area contributed by atoms with E-state index in [-0.39, 0.29) is 5.56 Å². The van der Waals surface area contributed by atoms with Gasteiger partial charge in [0.25, 0.3) is 5.91 Å². The van der Waals surface area contributed by atoms with Crippen molar-refractivity contribution in [1.29, 1.82) is 0 Å². The topological polar surface area (TPSA) is 58.6 Å². The Kier molecular flexibility index (Phi) is 4.02. The molecule has 7 heteroatoms. The molecule has 0 saturated heterocycles. The van der Waals surface area contributed by atoms with Crippen LogP contribution in [0.5, 0.6) is 11.5 Å². The van der Waals surface area contributed by atoms with Crippen LogP contribution in [0.3, 0.4) is 0 Å². The van der Waals surface area contributed by atoms with Crippen LogP contribution < -0.4 is 10.1 Å². The van der Waals surface area contributed by atoms with E-state index in [2.05, 4.69) is 5.32 Å². The number of benzene rings is 2. The second kappa shape index (κ2) is 5.74. The minimum absolute atomic E-state index is 0.167. The Morgan fingerprint density at radius 3 is 2.48 bits per heavy atom. The molecule has 0 atom stereocenters. The SMILES string of the molecule is COc1ccc(C(=O)Nc2ccc(F)c(F)c2F)c(O)c1. The zero-order valence-corrected chi connectivity index (χ0v) is 10.8. The molecule has 2 aromatic carbocycles. The first-order valence-corrected chi connectivity index (χ1v) is 5.76. The van der Waals surface area contributed by atoms with Crippen LogP contribution in [-0.4, -0.2) is 18.1 Å². The molecule has 4 nitrogen and oxygen atoms in total. The molecule has 0 aliphatic carbocycles. The van der Waals surface area contributed by atoms with Gasteiger partial charge < -0.3 is 15.2 Å². The second-order valence-electron chi connectivity index (χ2n) is 4.06. The van der Waals surface area contributed by atoms with E-state index in [0.717, 1.165) is 6.07 Å². The van der Waals surface area contributed by atoms with Crippen LogP contribution in [-0.2, 0) is 0 Å². The Hall–Kier alpha value is -2.70. The van der Waals surface area contributed by atoms with Gasteiger partial charge in [0.05, 0.1) is 18.4 Å². The van der Waals surface area contributed by atoms with Crippen molar-refractivity contribution in [3.63, 3.8) is 0 Å². The third-order valence-electron chi connectivity index (χ3n) is 2.73. The molecule has 0 saturated carbocycles. The Morgan fingerprint density at radius 2 is 1.86 bits per heavy atom. The van der Waals surface area contributed by atoms with Gasteiger partial charge in [-0.15, -0.1) is 0 Å². The summed E-state index contributed by atoms with van der Waals surface area (Å²) in [5.74, 6) is -5.51. The molecule has 0 radical (unpaired) electrons. The lowest BCUT2D eigenvalue weighted by molar-refractivity contribution is 0.102. The lowest BCUT2D eigenvalue weighted by Crippen LogP contribution is -2.14. The predicted molar refractivity (Wildman–Crippen MR) is 68.9 cm³/mol. The number of phenolic OH excluding ortho intramolecular Hbond substituents is 1. The molecule has 0 aliphatic heterocycles. The van der Waals surface area contributed by atoms with Gasteiger partial charge in [0, 0.05) is 6.07 Å². The minimum atomic E-state index is -1.69. The first kappa shape index (κ1) is 14.7. The molecule has 0 aromatic heterocycles. The monoisotopic (exact) mass is 297 g/mol. The smallest absolute Gasteiger partial charge is 0.259 e. The van der Waals surface area contributed by atoms with Gasteiger partial charge in [0.2, 0.25) is 0 Å². The van der Waals surface area contributed by atoms with Gasteiger partial charge in [-0.1, -0.05) is 0 Å². The number of methoxy groups -OCH3 is 1. The van der Waals surface area contributed by atoms with Crippen LogP contribution in [0.4, 0.5) is 18.9 Å². The molecular weight excluding hydrogens is 287 g/mol. The molecule has 110 valence electrons. The average Bonchev–Trinajstić information content (AvgIpc) is 2.47. The summed E-state index contributed by atoms with van der Waals surface area (Å²) < 4.78 is 44.1. The summed E-state index contributed by atoms with van der Waals surface area (Å²) in [6.07, 6.45) is 0. The Bertz CT molecular complexity index is 704. The number of carbonyl (C=O) groups excluding carboxylic acids is 1. The molecule has 0 fully saturated rings. The lowest BCUT2D eigenvalue weighted by atomic mass is 10.1. The summed E-state index contributed by atoms with van der Waals surface area (Å²) in [4.78, 5) is 11.9. The number of hydrogen-bond acceptors (Lipinski definition) is 3. The highest BCUT2D eigenvalue weighted by molar-refractivity contribution is 6.06. The van der Waals surface area contributed by atoms with Gasteiger partial charge in [-0.05, 0) is 24.3 Å². The molecule has 0 spiro atoms. The van der Waals surface area contributed by atoms with Crippen LogP contribution >= 0.6 is 0 Å². The van der Waals surface area contributed by atoms with Crippen LogP contribution in [0.25, 0.3) is 0 Å². The highest BCUT2D eigenvalue weighted by Gasteiger charge is 2.18. The van der Waals surface area contributed by atoms with E-state index >= 15 is 0 Å². The van der Waals surface area contributed by atoms with Crippen LogP contribution in [0.2, 0.25) is 0 Å². The Labute approximate surface area is 117 Å². The van der Waals surface area contributed by atoms with Crippen molar-refractivity contribution in [3.05, 3.63) is 53.3 Å². The maximum absolute atomic E-state index is 13.4. The minimum Gasteiger partial charge on any atom is -0.507 e. The molecule has 2 aromatic rings. The summed E-state index contributed by atoms with van der Waals surface area (Å²) in [7, 11) is 1.38. The van der Waals surface area contributed by atoms with Gasteiger partial charge in [-0.25, -0.2) is 13.2 Å². The molecule has 1 amide bonds. The summed E-state index contributed by atoms with van der Waals surface area (Å²) in [5.41, 5.74) is -0.700. The summed E-state index contributed by atoms with van der Waals surface area (Å²) in [6, 6.07) is 5.42.